The smallest absolute Gasteiger partial charge is 0.305 e. The van der Waals surface area contributed by atoms with Crippen LogP contribution in [0.5, 0.6) is 0 Å². The quantitative estimate of drug-likeness (QED) is 0.0321. The summed E-state index contributed by atoms with van der Waals surface area (Å²) in [5.41, 5.74) is 0. The van der Waals surface area contributed by atoms with Crippen molar-refractivity contribution in [2.24, 2.45) is 0 Å². The molecule has 0 aromatic carbocycles. The first-order valence-corrected chi connectivity index (χ1v) is 27.2. The molecule has 0 aliphatic carbocycles. The standard InChI is InChI=1S/C56H105NO5/c1-3-5-7-9-11-13-15-16-17-24-27-30-34-38-42-46-50-56(61)62-51-47-43-39-35-31-28-25-22-20-18-19-21-23-26-29-33-37-41-45-49-55(60)57-53(52-58)54(59)48-44-40-36-32-14-12-10-8-6-4-2/h13,15,17-19,24,53-54,58-59H,3-12,14,16,20-23,25-52H2,1-2H3,(H,57,60)/b15-13-,19-18-,24-17-. The molecule has 0 aliphatic rings. The van der Waals surface area contributed by atoms with Crippen LogP contribution < -0.4 is 5.32 Å². The molecule has 1 amide bonds. The lowest BCUT2D eigenvalue weighted by Gasteiger charge is -2.22. The number of rotatable bonds is 50. The van der Waals surface area contributed by atoms with Crippen LogP contribution in [-0.4, -0.2) is 47.4 Å². The average molecular weight is 872 g/mol. The molecular weight excluding hydrogens is 767 g/mol. The van der Waals surface area contributed by atoms with Crippen molar-refractivity contribution in [3.05, 3.63) is 36.5 Å². The van der Waals surface area contributed by atoms with E-state index in [-0.39, 0.29) is 18.5 Å². The maximum Gasteiger partial charge on any atom is 0.305 e. The number of unbranched alkanes of at least 4 members (excludes halogenated alkanes) is 33. The molecule has 0 aromatic rings. The molecule has 0 saturated carbocycles. The van der Waals surface area contributed by atoms with Gasteiger partial charge in [-0.15, -0.1) is 0 Å². The third kappa shape index (κ3) is 47.6. The van der Waals surface area contributed by atoms with Gasteiger partial charge in [0.15, 0.2) is 0 Å². The number of amides is 1. The van der Waals surface area contributed by atoms with Crippen molar-refractivity contribution in [2.45, 2.75) is 296 Å². The van der Waals surface area contributed by atoms with Gasteiger partial charge in [-0.1, -0.05) is 224 Å². The van der Waals surface area contributed by atoms with Crippen LogP contribution in [0.15, 0.2) is 36.5 Å². The number of aliphatic hydroxyl groups excluding tert-OH is 2. The maximum absolute atomic E-state index is 12.4. The van der Waals surface area contributed by atoms with E-state index in [2.05, 4.69) is 55.6 Å². The Hall–Kier alpha value is -1.92. The average Bonchev–Trinajstić information content (AvgIpc) is 3.27. The van der Waals surface area contributed by atoms with Crippen molar-refractivity contribution < 1.29 is 24.5 Å². The van der Waals surface area contributed by atoms with Gasteiger partial charge >= 0.3 is 5.97 Å². The van der Waals surface area contributed by atoms with Crippen LogP contribution in [0, 0.1) is 0 Å². The summed E-state index contributed by atoms with van der Waals surface area (Å²) in [7, 11) is 0. The molecule has 0 heterocycles. The minimum atomic E-state index is -0.669. The molecule has 0 fully saturated rings. The molecule has 6 nitrogen and oxygen atoms in total. The summed E-state index contributed by atoms with van der Waals surface area (Å²) in [5.74, 6) is -0.0573. The van der Waals surface area contributed by atoms with Crippen LogP contribution in [0.4, 0.5) is 0 Å². The normalized spacial score (nSPS) is 12.9. The topological polar surface area (TPSA) is 95.9 Å². The molecule has 0 aliphatic heterocycles. The Morgan fingerprint density at radius 1 is 0.452 bits per heavy atom. The van der Waals surface area contributed by atoms with E-state index in [4.69, 9.17) is 4.74 Å². The van der Waals surface area contributed by atoms with E-state index >= 15 is 0 Å². The van der Waals surface area contributed by atoms with E-state index in [0.717, 1.165) is 57.8 Å². The summed E-state index contributed by atoms with van der Waals surface area (Å²) < 4.78 is 5.47. The molecule has 0 rings (SSSR count). The van der Waals surface area contributed by atoms with Crippen molar-refractivity contribution in [3.63, 3.8) is 0 Å². The van der Waals surface area contributed by atoms with E-state index < -0.39 is 12.1 Å². The van der Waals surface area contributed by atoms with Crippen LogP contribution in [0.1, 0.15) is 284 Å². The Kier molecular flexibility index (Phi) is 50.1. The second-order valence-electron chi connectivity index (χ2n) is 18.6. The highest BCUT2D eigenvalue weighted by molar-refractivity contribution is 5.76. The molecule has 2 unspecified atom stereocenters. The molecule has 6 heteroatoms. The number of carbonyl (C=O) groups excluding carboxylic acids is 2. The molecule has 62 heavy (non-hydrogen) atoms. The van der Waals surface area contributed by atoms with Crippen molar-refractivity contribution >= 4 is 11.9 Å². The van der Waals surface area contributed by atoms with Gasteiger partial charge in [0.2, 0.25) is 5.91 Å². The van der Waals surface area contributed by atoms with Gasteiger partial charge in [-0.2, -0.15) is 0 Å². The number of carbonyl (C=O) groups is 2. The number of hydrogen-bond donors (Lipinski definition) is 3. The van der Waals surface area contributed by atoms with Crippen molar-refractivity contribution in [1.29, 1.82) is 0 Å². The Morgan fingerprint density at radius 3 is 1.26 bits per heavy atom. The molecule has 2 atom stereocenters. The Labute approximate surface area is 385 Å². The molecular formula is C56H105NO5. The number of aliphatic hydroxyl groups is 2. The fraction of sp³-hybridized carbons (Fsp3) is 0.857. The molecule has 0 aromatic heterocycles. The first-order valence-electron chi connectivity index (χ1n) is 27.2. The molecule has 0 bridgehead atoms. The minimum Gasteiger partial charge on any atom is -0.466 e. The van der Waals surface area contributed by atoms with Crippen LogP contribution in [-0.2, 0) is 14.3 Å². The SMILES string of the molecule is CCCCCC/C=C\C/C=C\CCCCCCCC(=O)OCCCCCCCCCC/C=C\CCCCCCCCCC(=O)NC(CO)C(O)CCCCCCCCCCCC. The van der Waals surface area contributed by atoms with Gasteiger partial charge in [-0.25, -0.2) is 0 Å². The van der Waals surface area contributed by atoms with Gasteiger partial charge in [-0.3, -0.25) is 9.59 Å². The summed E-state index contributed by atoms with van der Waals surface area (Å²) in [6.07, 6.45) is 62.7. The van der Waals surface area contributed by atoms with Crippen LogP contribution >= 0.6 is 0 Å². The van der Waals surface area contributed by atoms with Gasteiger partial charge in [0.25, 0.3) is 0 Å². The van der Waals surface area contributed by atoms with Gasteiger partial charge in [0.1, 0.15) is 0 Å². The largest absolute Gasteiger partial charge is 0.466 e. The Morgan fingerprint density at radius 2 is 0.806 bits per heavy atom. The minimum absolute atomic E-state index is 0.0101. The first kappa shape index (κ1) is 60.1. The van der Waals surface area contributed by atoms with Crippen LogP contribution in [0.3, 0.4) is 0 Å². The second kappa shape index (κ2) is 51.7. The number of ether oxygens (including phenoxy) is 1. The molecule has 3 N–H and O–H groups in total. The zero-order chi connectivity index (χ0) is 45.1. The lowest BCUT2D eigenvalue weighted by atomic mass is 10.0. The van der Waals surface area contributed by atoms with E-state index in [1.807, 2.05) is 0 Å². The molecule has 364 valence electrons. The predicted octanol–water partition coefficient (Wildman–Crippen LogP) is 16.5. The van der Waals surface area contributed by atoms with Crippen molar-refractivity contribution in [3.8, 4) is 0 Å². The van der Waals surface area contributed by atoms with Gasteiger partial charge in [0.05, 0.1) is 25.4 Å². The summed E-state index contributed by atoms with van der Waals surface area (Å²) >= 11 is 0. The van der Waals surface area contributed by atoms with Crippen molar-refractivity contribution in [1.82, 2.24) is 5.32 Å². The number of allylic oxidation sites excluding steroid dienone is 6. The highest BCUT2D eigenvalue weighted by Gasteiger charge is 2.20. The van der Waals surface area contributed by atoms with Gasteiger partial charge < -0.3 is 20.3 Å². The second-order valence-corrected chi connectivity index (χ2v) is 18.6. The van der Waals surface area contributed by atoms with Crippen LogP contribution in [0.25, 0.3) is 0 Å². The molecule has 0 spiro atoms. The van der Waals surface area contributed by atoms with Crippen molar-refractivity contribution in [2.75, 3.05) is 13.2 Å². The molecule has 0 saturated heterocycles. The maximum atomic E-state index is 12.4. The summed E-state index contributed by atoms with van der Waals surface area (Å²) in [4.78, 5) is 24.4. The van der Waals surface area contributed by atoms with E-state index in [1.54, 1.807) is 0 Å². The van der Waals surface area contributed by atoms with E-state index in [1.165, 1.54) is 193 Å². The predicted molar refractivity (Wildman–Crippen MR) is 269 cm³/mol. The van der Waals surface area contributed by atoms with Crippen LogP contribution in [0.2, 0.25) is 0 Å². The number of hydrogen-bond acceptors (Lipinski definition) is 5. The summed E-state index contributed by atoms with van der Waals surface area (Å²) in [6, 6.07) is -0.547. The first-order chi connectivity index (χ1) is 30.5. The van der Waals surface area contributed by atoms with E-state index in [0.29, 0.717) is 25.9 Å². The lowest BCUT2D eigenvalue weighted by molar-refractivity contribution is -0.143. The zero-order valence-corrected chi connectivity index (χ0v) is 41.4. The van der Waals surface area contributed by atoms with Gasteiger partial charge in [0, 0.05) is 12.8 Å². The third-order valence-corrected chi connectivity index (χ3v) is 12.4. The monoisotopic (exact) mass is 872 g/mol. The highest BCUT2D eigenvalue weighted by atomic mass is 16.5. The van der Waals surface area contributed by atoms with Gasteiger partial charge in [-0.05, 0) is 83.5 Å². The van der Waals surface area contributed by atoms with E-state index in [9.17, 15) is 19.8 Å². The highest BCUT2D eigenvalue weighted by Crippen LogP contribution is 2.16. The summed E-state index contributed by atoms with van der Waals surface area (Å²) in [5, 5.41) is 23.1. The third-order valence-electron chi connectivity index (χ3n) is 12.4. The Balaban J connectivity index is 3.43. The Bertz CT molecular complexity index is 1010. The fourth-order valence-electron chi connectivity index (χ4n) is 8.19. The molecule has 0 radical (unpaired) electrons. The number of esters is 1. The lowest BCUT2D eigenvalue weighted by Crippen LogP contribution is -2.45. The fourth-order valence-corrected chi connectivity index (χ4v) is 8.19. The number of nitrogens with one attached hydrogen (secondary N) is 1. The zero-order valence-electron chi connectivity index (χ0n) is 41.4. The summed E-state index contributed by atoms with van der Waals surface area (Å²) in [6.45, 7) is 4.90.